The first kappa shape index (κ1) is 39.3. The molecule has 0 N–H and O–H groups in total. The second kappa shape index (κ2) is 16.5. The van der Waals surface area contributed by atoms with E-state index >= 15 is 0 Å². The van der Waals surface area contributed by atoms with Gasteiger partial charge in [-0.3, -0.25) is 34.2 Å². The number of hydrogen-bond donors (Lipinski definition) is 0. The molecule has 4 aliphatic heterocycles. The van der Waals surface area contributed by atoms with Gasteiger partial charge in [0.25, 0.3) is 11.8 Å². The van der Waals surface area contributed by atoms with E-state index in [4.69, 9.17) is 33.7 Å². The number of rotatable bonds is 13. The molecule has 0 saturated carbocycles. The van der Waals surface area contributed by atoms with Gasteiger partial charge >= 0.3 is 5.97 Å². The monoisotopic (exact) mass is 819 g/mol. The largest absolute Gasteiger partial charge is 0.493 e. The van der Waals surface area contributed by atoms with E-state index in [-0.39, 0.29) is 43.1 Å². The van der Waals surface area contributed by atoms with Crippen molar-refractivity contribution < 1.29 is 38.1 Å². The van der Waals surface area contributed by atoms with E-state index in [1.165, 1.54) is 7.11 Å². The van der Waals surface area contributed by atoms with Gasteiger partial charge < -0.3 is 28.6 Å². The van der Waals surface area contributed by atoms with Gasteiger partial charge in [0.2, 0.25) is 0 Å². The zero-order chi connectivity index (χ0) is 42.2. The van der Waals surface area contributed by atoms with Crippen molar-refractivity contribution in [3.05, 3.63) is 124 Å². The molecule has 0 bridgehead atoms. The van der Waals surface area contributed by atoms with Crippen LogP contribution in [0.15, 0.2) is 101 Å². The first-order valence-electron chi connectivity index (χ1n) is 20.2. The number of para-hydroxylation sites is 2. The molecule has 2 amide bonds. The van der Waals surface area contributed by atoms with Crippen LogP contribution in [0.2, 0.25) is 0 Å². The van der Waals surface area contributed by atoms with E-state index < -0.39 is 0 Å². The number of amides is 2. The van der Waals surface area contributed by atoms with Crippen molar-refractivity contribution in [2.75, 3.05) is 49.6 Å². The highest BCUT2D eigenvalue weighted by molar-refractivity contribution is 6.15. The Bertz CT molecular complexity index is 2460. The Kier molecular flexibility index (Phi) is 10.6. The first-order chi connectivity index (χ1) is 29.7. The minimum absolute atomic E-state index is 0.143. The molecule has 0 saturated heterocycles. The molecule has 1 unspecified atom stereocenters. The van der Waals surface area contributed by atoms with E-state index in [0.29, 0.717) is 77.7 Å². The molecule has 13 nitrogen and oxygen atoms in total. The number of benzene rings is 5. The molecule has 4 heterocycles. The zero-order valence-electron chi connectivity index (χ0n) is 34.4. The highest BCUT2D eigenvalue weighted by atomic mass is 16.5. The van der Waals surface area contributed by atoms with Gasteiger partial charge in [0.1, 0.15) is 13.2 Å². The Morgan fingerprint density at radius 2 is 1.16 bits per heavy atom. The minimum atomic E-state index is -0.262. The van der Waals surface area contributed by atoms with Crippen molar-refractivity contribution in [1.82, 2.24) is 0 Å². The highest BCUT2D eigenvalue weighted by Gasteiger charge is 2.38. The average Bonchev–Trinajstić information content (AvgIpc) is 3.78. The molecule has 0 fully saturated rings. The van der Waals surface area contributed by atoms with Crippen LogP contribution in [0, 0.1) is 0 Å². The highest BCUT2D eigenvalue weighted by Crippen LogP contribution is 2.43. The van der Waals surface area contributed by atoms with Gasteiger partial charge in [0.15, 0.2) is 23.0 Å². The number of nitrogens with zero attached hydrogens (tertiary/aromatic N) is 5. The molecule has 0 aliphatic carbocycles. The molecule has 5 aromatic carbocycles. The number of aliphatic imine (C=N–C) groups is 2. The Balaban J connectivity index is 0.973. The van der Waals surface area contributed by atoms with Crippen LogP contribution in [0.1, 0.15) is 55.8 Å². The number of ether oxygens (including phenoxy) is 5. The lowest BCUT2D eigenvalue weighted by atomic mass is 10.1. The molecule has 9 rings (SSSR count). The van der Waals surface area contributed by atoms with Gasteiger partial charge in [-0.25, -0.2) is 0 Å². The van der Waals surface area contributed by atoms with Crippen LogP contribution in [0.25, 0.3) is 0 Å². The maximum Gasteiger partial charge on any atom is 0.305 e. The fraction of sp³-hybridized carbons (Fsp3) is 0.271. The van der Waals surface area contributed by atoms with E-state index in [1.807, 2.05) is 86.2 Å². The predicted octanol–water partition coefficient (Wildman–Crippen LogP) is 7.83. The predicted molar refractivity (Wildman–Crippen MR) is 233 cm³/mol. The summed E-state index contributed by atoms with van der Waals surface area (Å²) in [4.78, 5) is 55.0. The fourth-order valence-corrected chi connectivity index (χ4v) is 8.52. The van der Waals surface area contributed by atoms with Crippen molar-refractivity contribution in [3.8, 4) is 23.0 Å². The summed E-state index contributed by atoms with van der Waals surface area (Å²) >= 11 is 0. The van der Waals surface area contributed by atoms with Gasteiger partial charge in [-0.1, -0.05) is 36.4 Å². The van der Waals surface area contributed by atoms with Crippen molar-refractivity contribution >= 4 is 58.6 Å². The molecule has 0 spiro atoms. The number of esters is 1. The van der Waals surface area contributed by atoms with E-state index in [1.54, 1.807) is 48.3 Å². The van der Waals surface area contributed by atoms with Crippen molar-refractivity contribution in [2.24, 2.45) is 9.98 Å². The number of methoxy groups -OCH3 is 3. The lowest BCUT2D eigenvalue weighted by Gasteiger charge is -2.23. The van der Waals surface area contributed by atoms with E-state index in [2.05, 4.69) is 4.90 Å². The standard InChI is InChI=1S/C48H45N5O8/c1-51(15-9-14-46(54)59-4)33-17-29(27-60-44-23-38-36(21-42(44)57-2)47(55)52-34(25-49-38)19-31-10-5-7-12-40(31)52)16-30(18-33)28-61-45-24-39-37(22-43(45)58-3)48(56)53-35(26-50-39)20-32-11-6-8-13-41(32)53/h5-8,10-13,16-18,21-26,34-35H,9,14-15,19-20,27-28H2,1-4H3/t34-,35?/m0/s1. The van der Waals surface area contributed by atoms with Gasteiger partial charge in [-0.2, -0.15) is 0 Å². The van der Waals surface area contributed by atoms with Crippen molar-refractivity contribution in [3.63, 3.8) is 0 Å². The molecule has 2 atom stereocenters. The van der Waals surface area contributed by atoms with Crippen LogP contribution in [-0.2, 0) is 35.6 Å². The third kappa shape index (κ3) is 7.51. The van der Waals surface area contributed by atoms with Crippen molar-refractivity contribution in [1.29, 1.82) is 0 Å². The molecule has 13 heteroatoms. The molecule has 4 aliphatic rings. The number of carbonyl (C=O) groups is 3. The Labute approximate surface area is 353 Å². The molecule has 0 aromatic heterocycles. The number of carbonyl (C=O) groups excluding carboxylic acids is 3. The molecular weight excluding hydrogens is 775 g/mol. The number of anilines is 3. The summed E-state index contributed by atoms with van der Waals surface area (Å²) in [6.07, 6.45) is 5.94. The lowest BCUT2D eigenvalue weighted by molar-refractivity contribution is -0.140. The maximum absolute atomic E-state index is 14.0. The Morgan fingerprint density at radius 1 is 0.672 bits per heavy atom. The summed E-state index contributed by atoms with van der Waals surface area (Å²) in [5.41, 5.74) is 8.45. The zero-order valence-corrected chi connectivity index (χ0v) is 34.4. The second-order valence-corrected chi connectivity index (χ2v) is 15.4. The van der Waals surface area contributed by atoms with E-state index in [9.17, 15) is 14.4 Å². The van der Waals surface area contributed by atoms with Crippen LogP contribution in [0.3, 0.4) is 0 Å². The number of hydrogen-bond acceptors (Lipinski definition) is 11. The molecule has 310 valence electrons. The molecular formula is C48H45N5O8. The topological polar surface area (TPSA) is 132 Å². The van der Waals surface area contributed by atoms with Gasteiger partial charge in [0, 0.05) is 74.5 Å². The fourth-order valence-electron chi connectivity index (χ4n) is 8.52. The minimum Gasteiger partial charge on any atom is -0.493 e. The van der Waals surface area contributed by atoms with Crippen LogP contribution >= 0.6 is 0 Å². The molecule has 5 aromatic rings. The van der Waals surface area contributed by atoms with Crippen LogP contribution in [-0.4, -0.2) is 77.2 Å². The van der Waals surface area contributed by atoms with Crippen molar-refractivity contribution in [2.45, 2.75) is 51.0 Å². The van der Waals surface area contributed by atoms with Gasteiger partial charge in [0.05, 0.1) is 55.9 Å². The molecule has 61 heavy (non-hydrogen) atoms. The van der Waals surface area contributed by atoms with Gasteiger partial charge in [-0.05, 0) is 71.1 Å². The third-order valence-corrected chi connectivity index (χ3v) is 11.6. The summed E-state index contributed by atoms with van der Waals surface area (Å²) in [5.74, 6) is 1.16. The summed E-state index contributed by atoms with van der Waals surface area (Å²) in [6.45, 7) is 0.914. The number of fused-ring (bicyclic) bond motifs is 8. The first-order valence-corrected chi connectivity index (χ1v) is 20.2. The quantitative estimate of drug-likeness (QED) is 0.109. The van der Waals surface area contributed by atoms with Crippen LogP contribution in [0.5, 0.6) is 23.0 Å². The normalized spacial score (nSPS) is 16.7. The molecule has 0 radical (unpaired) electrons. The van der Waals surface area contributed by atoms with Crippen LogP contribution < -0.4 is 33.6 Å². The summed E-state index contributed by atoms with van der Waals surface area (Å²) < 4.78 is 29.3. The summed E-state index contributed by atoms with van der Waals surface area (Å²) in [6, 6.07) is 28.5. The SMILES string of the molecule is COC(=O)CCCN(C)c1cc(COc2cc3c(cc2OC)C(=O)N2c4ccccc4CC2C=N3)cc(COc2cc3c(cc2OC)C(=O)N2c4ccccc4C[C@H]2C=N3)c1. The third-order valence-electron chi connectivity index (χ3n) is 11.6. The van der Waals surface area contributed by atoms with E-state index in [0.717, 1.165) is 39.3 Å². The Morgan fingerprint density at radius 3 is 1.64 bits per heavy atom. The van der Waals surface area contributed by atoms with Gasteiger partial charge in [-0.15, -0.1) is 0 Å². The van der Waals surface area contributed by atoms with Crippen LogP contribution in [0.4, 0.5) is 28.4 Å². The average molecular weight is 820 g/mol. The second-order valence-electron chi connectivity index (χ2n) is 15.4. The smallest absolute Gasteiger partial charge is 0.305 e. The maximum atomic E-state index is 14.0. The lowest BCUT2D eigenvalue weighted by Crippen LogP contribution is -2.37. The Hall–Kier alpha value is -7.15. The summed E-state index contributed by atoms with van der Waals surface area (Å²) in [7, 11) is 6.45. The summed E-state index contributed by atoms with van der Waals surface area (Å²) in [5, 5.41) is 0.